The van der Waals surface area contributed by atoms with Crippen LogP contribution in [0, 0.1) is 0 Å². The number of amides is 1. The van der Waals surface area contributed by atoms with E-state index < -0.39 is 28.4 Å². The second-order valence-corrected chi connectivity index (χ2v) is 11.1. The van der Waals surface area contributed by atoms with Crippen molar-refractivity contribution in [1.29, 1.82) is 0 Å². The van der Waals surface area contributed by atoms with Gasteiger partial charge in [-0.15, -0.1) is 0 Å². The molecule has 9 heteroatoms. The Morgan fingerprint density at radius 1 is 1.22 bits per heavy atom. The van der Waals surface area contributed by atoms with Gasteiger partial charge in [0.25, 0.3) is 10.2 Å². The summed E-state index contributed by atoms with van der Waals surface area (Å²) in [6, 6.07) is 7.29. The summed E-state index contributed by atoms with van der Waals surface area (Å²) in [5.41, 5.74) is 2.85. The van der Waals surface area contributed by atoms with Gasteiger partial charge in [0.05, 0.1) is 18.8 Å². The highest BCUT2D eigenvalue weighted by atomic mass is 32.2. The third-order valence-electron chi connectivity index (χ3n) is 6.95. The molecule has 0 unspecified atom stereocenters. The molecule has 1 saturated heterocycles. The van der Waals surface area contributed by atoms with E-state index in [1.807, 2.05) is 6.92 Å². The van der Waals surface area contributed by atoms with E-state index >= 15 is 0 Å². The molecule has 1 aromatic rings. The number of nitrogens with zero attached hydrogens (tertiary/aromatic N) is 2. The van der Waals surface area contributed by atoms with E-state index in [-0.39, 0.29) is 18.8 Å². The molecule has 0 aromatic heterocycles. The van der Waals surface area contributed by atoms with Crippen LogP contribution >= 0.6 is 0 Å². The molecule has 8 nitrogen and oxygen atoms in total. The molecule has 1 heterocycles. The van der Waals surface area contributed by atoms with Crippen LogP contribution < -0.4 is 4.72 Å². The van der Waals surface area contributed by atoms with E-state index in [0.29, 0.717) is 12.3 Å². The fourth-order valence-corrected chi connectivity index (χ4v) is 5.99. The molecular formula is C23H37N3O5S. The summed E-state index contributed by atoms with van der Waals surface area (Å²) in [6.45, 7) is 4.19. The van der Waals surface area contributed by atoms with Crippen LogP contribution in [0.25, 0.3) is 0 Å². The van der Waals surface area contributed by atoms with Crippen LogP contribution in [0.3, 0.4) is 0 Å². The zero-order chi connectivity index (χ0) is 23.5. The molecular weight excluding hydrogens is 430 g/mol. The first-order valence-corrected chi connectivity index (χ1v) is 13.0. The van der Waals surface area contributed by atoms with Crippen molar-refractivity contribution in [3.05, 3.63) is 35.4 Å². The summed E-state index contributed by atoms with van der Waals surface area (Å²) in [5, 5.41) is 9.71. The normalized spacial score (nSPS) is 28.9. The minimum Gasteiger partial charge on any atom is -0.465 e. The van der Waals surface area contributed by atoms with Crippen molar-refractivity contribution in [1.82, 2.24) is 13.9 Å². The van der Waals surface area contributed by atoms with Crippen molar-refractivity contribution < 1.29 is 23.1 Å². The Morgan fingerprint density at radius 3 is 2.47 bits per heavy atom. The molecule has 32 heavy (non-hydrogen) atoms. The minimum atomic E-state index is -3.67. The van der Waals surface area contributed by atoms with Crippen molar-refractivity contribution in [2.45, 2.75) is 82.5 Å². The van der Waals surface area contributed by atoms with Crippen LogP contribution in [0.1, 0.15) is 63.0 Å². The summed E-state index contributed by atoms with van der Waals surface area (Å²) in [7, 11) is -0.757. The number of ether oxygens (including phenoxy) is 1. The maximum absolute atomic E-state index is 12.4. The first-order valence-electron chi connectivity index (χ1n) is 11.5. The Balaban J connectivity index is 1.61. The highest BCUT2D eigenvalue weighted by Crippen LogP contribution is 2.36. The van der Waals surface area contributed by atoms with Gasteiger partial charge in [0.15, 0.2) is 0 Å². The molecule has 1 amide bonds. The van der Waals surface area contributed by atoms with Gasteiger partial charge in [-0.2, -0.15) is 17.4 Å². The van der Waals surface area contributed by atoms with E-state index in [1.165, 1.54) is 30.1 Å². The number of carboxylic acid groups (broad SMARTS) is 1. The average Bonchev–Trinajstić information content (AvgIpc) is 3.06. The van der Waals surface area contributed by atoms with Gasteiger partial charge < -0.3 is 9.84 Å². The molecule has 2 fully saturated rings. The standard InChI is InChI=1S/C23H37N3O5S/c1-5-17-8-6-7-9-20(17)18-10-12-19(13-11-18)31-15-22-21(24-32(29,30)25(3)4)14-16(2)26(22)23(27)28/h6-9,16,18-19,21-22,24H,5,10-15H2,1-4H3,(H,27,28)/t16-,18?,19?,21+,22+/m1/s1. The second-order valence-electron chi connectivity index (χ2n) is 9.21. The lowest BCUT2D eigenvalue weighted by molar-refractivity contribution is -0.00710. The van der Waals surface area contributed by atoms with E-state index in [4.69, 9.17) is 4.74 Å². The fourth-order valence-electron chi connectivity index (χ4n) is 5.14. The van der Waals surface area contributed by atoms with Gasteiger partial charge in [0.2, 0.25) is 0 Å². The van der Waals surface area contributed by atoms with Crippen molar-refractivity contribution in [2.75, 3.05) is 20.7 Å². The van der Waals surface area contributed by atoms with E-state index in [2.05, 4.69) is 35.9 Å². The molecule has 1 aromatic carbocycles. The first-order chi connectivity index (χ1) is 15.1. The van der Waals surface area contributed by atoms with Crippen molar-refractivity contribution in [2.24, 2.45) is 0 Å². The molecule has 0 spiro atoms. The second kappa shape index (κ2) is 10.5. The van der Waals surface area contributed by atoms with E-state index in [1.54, 1.807) is 0 Å². The minimum absolute atomic E-state index is 0.0673. The zero-order valence-electron chi connectivity index (χ0n) is 19.5. The van der Waals surface area contributed by atoms with E-state index in [9.17, 15) is 18.3 Å². The van der Waals surface area contributed by atoms with Gasteiger partial charge in [-0.05, 0) is 62.5 Å². The largest absolute Gasteiger partial charge is 0.465 e. The molecule has 180 valence electrons. The van der Waals surface area contributed by atoms with Crippen LogP contribution in [0.15, 0.2) is 24.3 Å². The van der Waals surface area contributed by atoms with Gasteiger partial charge in [-0.1, -0.05) is 31.2 Å². The van der Waals surface area contributed by atoms with Gasteiger partial charge in [-0.25, -0.2) is 4.79 Å². The summed E-state index contributed by atoms with van der Waals surface area (Å²) >= 11 is 0. The summed E-state index contributed by atoms with van der Waals surface area (Å²) in [4.78, 5) is 13.2. The summed E-state index contributed by atoms with van der Waals surface area (Å²) in [6.07, 6.45) is 4.41. The lowest BCUT2D eigenvalue weighted by atomic mass is 9.80. The van der Waals surface area contributed by atoms with Crippen molar-refractivity contribution >= 4 is 16.3 Å². The SMILES string of the molecule is CCc1ccccc1C1CCC(OC[C@H]2[C@@H](NS(=O)(=O)N(C)C)C[C@@H](C)N2C(=O)O)CC1. The lowest BCUT2D eigenvalue weighted by Crippen LogP contribution is -2.52. The number of carbonyl (C=O) groups is 1. The summed E-state index contributed by atoms with van der Waals surface area (Å²) < 4.78 is 34.7. The topological polar surface area (TPSA) is 99.2 Å². The summed E-state index contributed by atoms with van der Waals surface area (Å²) in [5.74, 6) is 0.535. The van der Waals surface area contributed by atoms with Crippen LogP contribution in [0.2, 0.25) is 0 Å². The molecule has 0 bridgehead atoms. The zero-order valence-corrected chi connectivity index (χ0v) is 20.3. The Labute approximate surface area is 192 Å². The lowest BCUT2D eigenvalue weighted by Gasteiger charge is -2.33. The molecule has 1 aliphatic carbocycles. The highest BCUT2D eigenvalue weighted by Gasteiger charge is 2.44. The maximum Gasteiger partial charge on any atom is 0.407 e. The molecule has 3 rings (SSSR count). The van der Waals surface area contributed by atoms with Gasteiger partial charge >= 0.3 is 6.09 Å². The Bertz CT molecular complexity index is 883. The fraction of sp³-hybridized carbons (Fsp3) is 0.696. The Kier molecular flexibility index (Phi) is 8.19. The van der Waals surface area contributed by atoms with Crippen LogP contribution in [-0.2, 0) is 21.4 Å². The molecule has 2 aliphatic rings. The van der Waals surface area contributed by atoms with Gasteiger partial charge in [0, 0.05) is 26.2 Å². The molecule has 3 atom stereocenters. The van der Waals surface area contributed by atoms with Crippen molar-refractivity contribution in [3.63, 3.8) is 0 Å². The number of aryl methyl sites for hydroxylation is 1. The monoisotopic (exact) mass is 467 g/mol. The molecule has 0 radical (unpaired) electrons. The number of likely N-dealkylation sites (tertiary alicyclic amines) is 1. The number of hydrogen-bond donors (Lipinski definition) is 2. The van der Waals surface area contributed by atoms with Gasteiger partial charge in [0.1, 0.15) is 0 Å². The molecule has 1 aliphatic heterocycles. The predicted octanol–water partition coefficient (Wildman–Crippen LogP) is 3.20. The quantitative estimate of drug-likeness (QED) is 0.612. The third kappa shape index (κ3) is 5.62. The number of benzene rings is 1. The van der Waals surface area contributed by atoms with E-state index in [0.717, 1.165) is 36.4 Å². The Morgan fingerprint density at radius 2 is 1.88 bits per heavy atom. The van der Waals surface area contributed by atoms with Crippen molar-refractivity contribution in [3.8, 4) is 0 Å². The average molecular weight is 468 g/mol. The third-order valence-corrected chi connectivity index (χ3v) is 8.51. The predicted molar refractivity (Wildman–Crippen MR) is 124 cm³/mol. The smallest absolute Gasteiger partial charge is 0.407 e. The van der Waals surface area contributed by atoms with Crippen LogP contribution in [0.5, 0.6) is 0 Å². The van der Waals surface area contributed by atoms with Crippen LogP contribution in [0.4, 0.5) is 4.79 Å². The maximum atomic E-state index is 12.4. The number of nitrogens with one attached hydrogen (secondary N) is 1. The number of hydrogen-bond acceptors (Lipinski definition) is 4. The number of rotatable bonds is 8. The first kappa shape index (κ1) is 25.0. The van der Waals surface area contributed by atoms with Gasteiger partial charge in [-0.3, -0.25) is 4.90 Å². The molecule has 2 N–H and O–H groups in total. The highest BCUT2D eigenvalue weighted by molar-refractivity contribution is 7.87. The Hall–Kier alpha value is -1.68. The molecule has 1 saturated carbocycles. The van der Waals surface area contributed by atoms with Crippen LogP contribution in [-0.4, -0.2) is 73.8 Å².